The van der Waals surface area contributed by atoms with Gasteiger partial charge in [-0.1, -0.05) is 12.1 Å². The summed E-state index contributed by atoms with van der Waals surface area (Å²) in [5.74, 6) is 0. The first-order valence-electron chi connectivity index (χ1n) is 7.03. The molecule has 0 radical (unpaired) electrons. The van der Waals surface area contributed by atoms with Gasteiger partial charge in [0.25, 0.3) is 0 Å². The van der Waals surface area contributed by atoms with E-state index < -0.39 is 5.60 Å². The molecule has 3 rings (SSSR count). The number of hydrogen-bond donors (Lipinski definition) is 1. The Morgan fingerprint density at radius 3 is 2.52 bits per heavy atom. The van der Waals surface area contributed by atoms with E-state index in [1.165, 1.54) is 0 Å². The van der Waals surface area contributed by atoms with E-state index in [2.05, 4.69) is 28.2 Å². The highest BCUT2D eigenvalue weighted by Crippen LogP contribution is 2.24. The van der Waals surface area contributed by atoms with Crippen LogP contribution in [0.15, 0.2) is 42.9 Å². The Morgan fingerprint density at radius 1 is 1.10 bits per heavy atom. The predicted molar refractivity (Wildman–Crippen MR) is 84.0 cm³/mol. The van der Waals surface area contributed by atoms with Crippen LogP contribution in [-0.2, 0) is 6.54 Å². The van der Waals surface area contributed by atoms with E-state index in [1.54, 1.807) is 20.2 Å². The maximum absolute atomic E-state index is 10.0. The summed E-state index contributed by atoms with van der Waals surface area (Å²) in [4.78, 5) is 8.73. The Morgan fingerprint density at radius 2 is 1.86 bits per heavy atom. The number of pyridine rings is 1. The molecule has 0 spiro atoms. The molecule has 2 aromatic heterocycles. The van der Waals surface area contributed by atoms with Crippen molar-refractivity contribution in [1.29, 1.82) is 0 Å². The van der Waals surface area contributed by atoms with Crippen molar-refractivity contribution in [3.05, 3.63) is 48.5 Å². The zero-order valence-corrected chi connectivity index (χ0v) is 12.5. The van der Waals surface area contributed by atoms with Crippen LogP contribution in [0.25, 0.3) is 22.2 Å². The molecule has 1 aromatic carbocycles. The molecule has 108 valence electrons. The van der Waals surface area contributed by atoms with Crippen molar-refractivity contribution in [1.82, 2.24) is 14.5 Å². The molecule has 0 aliphatic rings. The van der Waals surface area contributed by atoms with Crippen molar-refractivity contribution < 1.29 is 5.11 Å². The minimum Gasteiger partial charge on any atom is -0.389 e. The van der Waals surface area contributed by atoms with Crippen molar-refractivity contribution in [2.75, 3.05) is 0 Å². The fourth-order valence-corrected chi connectivity index (χ4v) is 2.42. The van der Waals surface area contributed by atoms with Crippen molar-refractivity contribution in [2.24, 2.45) is 0 Å². The first-order chi connectivity index (χ1) is 9.92. The van der Waals surface area contributed by atoms with Gasteiger partial charge in [0.05, 0.1) is 29.5 Å². The van der Waals surface area contributed by atoms with E-state index in [4.69, 9.17) is 0 Å². The van der Waals surface area contributed by atoms with Crippen LogP contribution in [0.1, 0.15) is 19.5 Å². The number of rotatable bonds is 3. The molecule has 1 N–H and O–H groups in total. The molecule has 0 aliphatic carbocycles. The van der Waals surface area contributed by atoms with Gasteiger partial charge in [-0.2, -0.15) is 0 Å². The molecular formula is C17H19N3O. The van der Waals surface area contributed by atoms with Crippen LogP contribution >= 0.6 is 0 Å². The van der Waals surface area contributed by atoms with Gasteiger partial charge in [0.1, 0.15) is 0 Å². The van der Waals surface area contributed by atoms with Crippen molar-refractivity contribution >= 4 is 11.0 Å². The first kappa shape index (κ1) is 13.8. The first-order valence-corrected chi connectivity index (χ1v) is 7.03. The lowest BCUT2D eigenvalue weighted by atomic mass is 10.1. The summed E-state index contributed by atoms with van der Waals surface area (Å²) in [5.41, 5.74) is 4.38. The Kier molecular flexibility index (Phi) is 3.26. The molecular weight excluding hydrogens is 262 g/mol. The molecule has 0 atom stereocenters. The molecule has 0 saturated carbocycles. The van der Waals surface area contributed by atoms with E-state index in [9.17, 15) is 5.11 Å². The molecule has 0 bridgehead atoms. The van der Waals surface area contributed by atoms with Gasteiger partial charge in [0, 0.05) is 17.5 Å². The van der Waals surface area contributed by atoms with Gasteiger partial charge in [0.15, 0.2) is 0 Å². The second kappa shape index (κ2) is 4.97. The van der Waals surface area contributed by atoms with Gasteiger partial charge in [-0.25, -0.2) is 4.98 Å². The van der Waals surface area contributed by atoms with Crippen LogP contribution in [0.5, 0.6) is 0 Å². The van der Waals surface area contributed by atoms with Crippen LogP contribution in [0.2, 0.25) is 0 Å². The Balaban J connectivity index is 2.06. The Labute approximate surface area is 124 Å². The van der Waals surface area contributed by atoms with Crippen molar-refractivity contribution in [2.45, 2.75) is 32.9 Å². The van der Waals surface area contributed by atoms with Crippen molar-refractivity contribution in [3.8, 4) is 11.1 Å². The number of nitrogens with zero attached hydrogens (tertiary/aromatic N) is 3. The molecule has 0 aliphatic heterocycles. The number of aryl methyl sites for hydroxylation is 1. The minimum absolute atomic E-state index is 0.513. The second-order valence-electron chi connectivity index (χ2n) is 6.08. The third-order valence-electron chi connectivity index (χ3n) is 3.42. The molecule has 0 fully saturated rings. The van der Waals surface area contributed by atoms with E-state index in [1.807, 2.05) is 29.8 Å². The second-order valence-corrected chi connectivity index (χ2v) is 6.08. The number of benzene rings is 1. The molecule has 0 saturated heterocycles. The maximum atomic E-state index is 10.0. The predicted octanol–water partition coefficient (Wildman–Crippen LogP) is 3.18. The number of hydrogen-bond acceptors (Lipinski definition) is 3. The minimum atomic E-state index is -0.769. The van der Waals surface area contributed by atoms with Gasteiger partial charge in [-0.15, -0.1) is 0 Å². The highest BCUT2D eigenvalue weighted by Gasteiger charge is 2.15. The lowest BCUT2D eigenvalue weighted by molar-refractivity contribution is 0.0627. The number of aliphatic hydroxyl groups is 1. The summed E-state index contributed by atoms with van der Waals surface area (Å²) >= 11 is 0. The quantitative estimate of drug-likeness (QED) is 0.802. The normalized spacial score (nSPS) is 12.0. The van der Waals surface area contributed by atoms with Gasteiger partial charge in [-0.05, 0) is 44.5 Å². The zero-order valence-electron chi connectivity index (χ0n) is 12.5. The average Bonchev–Trinajstić information content (AvgIpc) is 2.80. The topological polar surface area (TPSA) is 50.9 Å². The fraction of sp³-hybridized carbons (Fsp3) is 0.294. The summed E-state index contributed by atoms with van der Waals surface area (Å²) in [6.45, 7) is 6.09. The van der Waals surface area contributed by atoms with Gasteiger partial charge in [0.2, 0.25) is 0 Å². The number of aromatic nitrogens is 3. The highest BCUT2D eigenvalue weighted by atomic mass is 16.3. The molecule has 21 heavy (non-hydrogen) atoms. The van der Waals surface area contributed by atoms with E-state index in [0.717, 1.165) is 27.9 Å². The Bertz CT molecular complexity index is 767. The molecule has 3 aromatic rings. The average molecular weight is 281 g/mol. The summed E-state index contributed by atoms with van der Waals surface area (Å²) in [5, 5.41) is 10.0. The van der Waals surface area contributed by atoms with Crippen LogP contribution in [-0.4, -0.2) is 25.2 Å². The third-order valence-corrected chi connectivity index (χ3v) is 3.42. The van der Waals surface area contributed by atoms with Gasteiger partial charge >= 0.3 is 0 Å². The smallest absolute Gasteiger partial charge is 0.0959 e. The number of fused-ring (bicyclic) bond motifs is 1. The molecule has 2 heterocycles. The molecule has 0 amide bonds. The SMILES string of the molecule is Cc1ccc(-c2ccc3ncn(CC(C)(C)O)c3c2)cn1. The summed E-state index contributed by atoms with van der Waals surface area (Å²) < 4.78 is 1.99. The van der Waals surface area contributed by atoms with Crippen LogP contribution in [0.4, 0.5) is 0 Å². The third kappa shape index (κ3) is 2.95. The fourth-order valence-electron chi connectivity index (χ4n) is 2.42. The Hall–Kier alpha value is -2.20. The monoisotopic (exact) mass is 281 g/mol. The summed E-state index contributed by atoms with van der Waals surface area (Å²) in [6, 6.07) is 10.2. The van der Waals surface area contributed by atoms with E-state index in [0.29, 0.717) is 6.54 Å². The van der Waals surface area contributed by atoms with Crippen LogP contribution in [0.3, 0.4) is 0 Å². The van der Waals surface area contributed by atoms with Crippen LogP contribution < -0.4 is 0 Å². The molecule has 4 nitrogen and oxygen atoms in total. The lowest BCUT2D eigenvalue weighted by Crippen LogP contribution is -2.25. The van der Waals surface area contributed by atoms with Gasteiger partial charge < -0.3 is 9.67 Å². The highest BCUT2D eigenvalue weighted by molar-refractivity contribution is 5.82. The van der Waals surface area contributed by atoms with Gasteiger partial charge in [-0.3, -0.25) is 4.98 Å². The summed E-state index contributed by atoms with van der Waals surface area (Å²) in [6.07, 6.45) is 3.66. The zero-order chi connectivity index (χ0) is 15.0. The molecule has 0 unspecified atom stereocenters. The lowest BCUT2D eigenvalue weighted by Gasteiger charge is -2.18. The summed E-state index contributed by atoms with van der Waals surface area (Å²) in [7, 11) is 0. The van der Waals surface area contributed by atoms with E-state index in [-0.39, 0.29) is 0 Å². The maximum Gasteiger partial charge on any atom is 0.0959 e. The van der Waals surface area contributed by atoms with E-state index >= 15 is 0 Å². The standard InChI is InChI=1S/C17H19N3O/c1-12-4-5-14(9-18-12)13-6-7-15-16(8-13)20(11-19-15)10-17(2,3)21/h4-9,11,21H,10H2,1-3H3. The molecule has 4 heteroatoms. The largest absolute Gasteiger partial charge is 0.389 e. The van der Waals surface area contributed by atoms with Crippen LogP contribution in [0, 0.1) is 6.92 Å². The number of imidazole rings is 1. The van der Waals surface area contributed by atoms with Crippen molar-refractivity contribution in [3.63, 3.8) is 0 Å².